The molecule has 0 aliphatic carbocycles. The normalized spacial score (nSPS) is 12.3. The minimum atomic E-state index is -1.37. The van der Waals surface area contributed by atoms with Crippen LogP contribution in [0.5, 0.6) is 5.75 Å². The molecule has 0 fully saturated rings. The summed E-state index contributed by atoms with van der Waals surface area (Å²) in [6, 6.07) is 2.77. The van der Waals surface area contributed by atoms with Crippen molar-refractivity contribution in [2.24, 2.45) is 0 Å². The van der Waals surface area contributed by atoms with E-state index in [1.54, 1.807) is 20.8 Å². The number of aromatic carboxylic acids is 1. The van der Waals surface area contributed by atoms with Gasteiger partial charge in [0.2, 0.25) is 0 Å². The number of amides is 1. The van der Waals surface area contributed by atoms with Crippen LogP contribution < -0.4 is 10.1 Å². The van der Waals surface area contributed by atoms with Crippen LogP contribution in [0.3, 0.4) is 0 Å². The Hall–Kier alpha value is -3.24. The highest BCUT2D eigenvalue weighted by atomic mass is 19.1. The van der Waals surface area contributed by atoms with Crippen molar-refractivity contribution in [2.75, 3.05) is 6.61 Å². The van der Waals surface area contributed by atoms with E-state index in [1.165, 1.54) is 17.2 Å². The second kappa shape index (κ2) is 8.43. The van der Waals surface area contributed by atoms with Crippen LogP contribution in [0.1, 0.15) is 31.1 Å². The van der Waals surface area contributed by atoms with Gasteiger partial charge in [-0.3, -0.25) is 0 Å². The van der Waals surface area contributed by atoms with E-state index in [-0.39, 0.29) is 18.9 Å². The number of carboxylic acid groups (broad SMARTS) is 1. The van der Waals surface area contributed by atoms with Crippen LogP contribution in [0.4, 0.5) is 9.18 Å². The van der Waals surface area contributed by atoms with E-state index in [0.717, 1.165) is 12.1 Å². The smallest absolute Gasteiger partial charge is 0.408 e. The molecule has 146 valence electrons. The summed E-state index contributed by atoms with van der Waals surface area (Å²) in [6.07, 6.45) is 0.578. The highest BCUT2D eigenvalue weighted by Gasteiger charge is 2.21. The number of nitrogens with zero attached hydrogens (tertiary/aromatic N) is 4. The Bertz CT molecular complexity index is 791. The molecular weight excluding hydrogens is 361 g/mol. The van der Waals surface area contributed by atoms with Crippen molar-refractivity contribution >= 4 is 12.1 Å². The molecule has 0 aliphatic rings. The first-order valence-corrected chi connectivity index (χ1v) is 8.00. The van der Waals surface area contributed by atoms with Crippen molar-refractivity contribution < 1.29 is 28.6 Å². The lowest BCUT2D eigenvalue weighted by Crippen LogP contribution is -2.44. The summed E-state index contributed by atoms with van der Waals surface area (Å²) < 4.78 is 24.4. The predicted octanol–water partition coefficient (Wildman–Crippen LogP) is 1.48. The number of tetrazole rings is 1. The lowest BCUT2D eigenvalue weighted by Gasteiger charge is -2.23. The molecule has 0 radical (unpaired) electrons. The number of ether oxygens (including phenoxy) is 2. The van der Waals surface area contributed by atoms with Gasteiger partial charge >= 0.3 is 12.1 Å². The quantitative estimate of drug-likeness (QED) is 0.738. The first kappa shape index (κ1) is 20.1. The third-order valence-electron chi connectivity index (χ3n) is 3.12. The zero-order valence-corrected chi connectivity index (χ0v) is 15.0. The zero-order chi connectivity index (χ0) is 20.0. The number of benzene rings is 1. The van der Waals surface area contributed by atoms with E-state index in [4.69, 9.17) is 14.6 Å². The number of aromatic nitrogens is 4. The summed E-state index contributed by atoms with van der Waals surface area (Å²) in [5.74, 6) is -2.18. The minimum absolute atomic E-state index is 0.0629. The van der Waals surface area contributed by atoms with Gasteiger partial charge in [0.15, 0.2) is 6.33 Å². The molecule has 2 aromatic rings. The topological polar surface area (TPSA) is 128 Å². The monoisotopic (exact) mass is 381 g/mol. The molecule has 0 bridgehead atoms. The summed E-state index contributed by atoms with van der Waals surface area (Å²) in [6.45, 7) is 5.25. The summed E-state index contributed by atoms with van der Waals surface area (Å²) in [5, 5.41) is 22.6. The summed E-state index contributed by atoms with van der Waals surface area (Å²) in [5.41, 5.74) is -1.14. The highest BCUT2D eigenvalue weighted by molar-refractivity contribution is 5.88. The van der Waals surface area contributed by atoms with Gasteiger partial charge in [0, 0.05) is 6.07 Å². The third kappa shape index (κ3) is 6.53. The number of nitrogens with one attached hydrogen (secondary N) is 1. The van der Waals surface area contributed by atoms with Gasteiger partial charge in [0.25, 0.3) is 0 Å². The molecule has 0 aliphatic heterocycles. The Labute approximate surface area is 154 Å². The molecule has 2 rings (SSSR count). The second-order valence-corrected chi connectivity index (χ2v) is 6.59. The first-order valence-electron chi connectivity index (χ1n) is 8.00. The van der Waals surface area contributed by atoms with E-state index in [9.17, 15) is 14.0 Å². The molecule has 10 nitrogen and oxygen atoms in total. The highest BCUT2D eigenvalue weighted by Crippen LogP contribution is 2.17. The summed E-state index contributed by atoms with van der Waals surface area (Å²) in [4.78, 5) is 24.1. The SMILES string of the molecule is CC(C)(C)OC(=O)NC(COc1ccc(C(=O)O)c(F)c1)Cn1ncnn1. The molecule has 1 aromatic carbocycles. The van der Waals surface area contributed by atoms with Crippen LogP contribution in [0.25, 0.3) is 0 Å². The number of rotatable bonds is 7. The lowest BCUT2D eigenvalue weighted by molar-refractivity contribution is 0.0477. The Morgan fingerprint density at radius 2 is 2.11 bits per heavy atom. The Kier molecular flexibility index (Phi) is 6.27. The van der Waals surface area contributed by atoms with Crippen molar-refractivity contribution in [1.29, 1.82) is 0 Å². The number of hydrogen-bond acceptors (Lipinski definition) is 7. The number of carbonyl (C=O) groups is 2. The van der Waals surface area contributed by atoms with Crippen molar-refractivity contribution in [2.45, 2.75) is 39.0 Å². The van der Waals surface area contributed by atoms with Crippen LogP contribution in [0.2, 0.25) is 0 Å². The van der Waals surface area contributed by atoms with Gasteiger partial charge in [0.05, 0.1) is 18.2 Å². The zero-order valence-electron chi connectivity index (χ0n) is 15.0. The van der Waals surface area contributed by atoms with Gasteiger partial charge in [-0.15, -0.1) is 10.2 Å². The molecule has 1 aromatic heterocycles. The minimum Gasteiger partial charge on any atom is -0.491 e. The Morgan fingerprint density at radius 3 is 2.67 bits per heavy atom. The number of halogens is 1. The Morgan fingerprint density at radius 1 is 1.37 bits per heavy atom. The van der Waals surface area contributed by atoms with E-state index in [0.29, 0.717) is 0 Å². The van der Waals surface area contributed by atoms with Gasteiger partial charge < -0.3 is 19.9 Å². The van der Waals surface area contributed by atoms with Crippen molar-refractivity contribution in [1.82, 2.24) is 25.5 Å². The van der Waals surface area contributed by atoms with E-state index >= 15 is 0 Å². The van der Waals surface area contributed by atoms with Crippen LogP contribution in [0, 0.1) is 5.82 Å². The maximum absolute atomic E-state index is 13.7. The number of carboxylic acids is 1. The van der Waals surface area contributed by atoms with Crippen LogP contribution >= 0.6 is 0 Å². The molecule has 27 heavy (non-hydrogen) atoms. The average Bonchev–Trinajstić information content (AvgIpc) is 3.03. The fourth-order valence-corrected chi connectivity index (χ4v) is 2.04. The van der Waals surface area contributed by atoms with E-state index < -0.39 is 35.1 Å². The molecule has 1 heterocycles. The van der Waals surface area contributed by atoms with E-state index in [1.807, 2.05) is 0 Å². The molecular formula is C16H20FN5O5. The molecule has 1 unspecified atom stereocenters. The number of hydrogen-bond donors (Lipinski definition) is 2. The average molecular weight is 381 g/mol. The summed E-state index contributed by atoms with van der Waals surface area (Å²) >= 11 is 0. The Balaban J connectivity index is 2.04. The molecule has 11 heteroatoms. The largest absolute Gasteiger partial charge is 0.491 e. The van der Waals surface area contributed by atoms with E-state index in [2.05, 4.69) is 20.7 Å². The number of alkyl carbamates (subject to hydrolysis) is 1. The summed E-state index contributed by atoms with van der Waals surface area (Å²) in [7, 11) is 0. The van der Waals surface area contributed by atoms with Gasteiger partial charge in [-0.25, -0.2) is 14.0 Å². The standard InChI is InChI=1S/C16H20FN5O5/c1-16(2,3)27-15(25)20-10(7-22-19-9-18-21-22)8-26-11-4-5-12(14(23)24)13(17)6-11/h4-6,9-10H,7-8H2,1-3H3,(H,20,25)(H,23,24). The third-order valence-corrected chi connectivity index (χ3v) is 3.12. The predicted molar refractivity (Wildman–Crippen MR) is 89.8 cm³/mol. The fraction of sp³-hybridized carbons (Fsp3) is 0.438. The van der Waals surface area contributed by atoms with Crippen LogP contribution in [-0.2, 0) is 11.3 Å². The number of carbonyl (C=O) groups excluding carboxylic acids is 1. The van der Waals surface area contributed by atoms with Gasteiger partial charge in [-0.1, -0.05) is 0 Å². The van der Waals surface area contributed by atoms with Crippen LogP contribution in [-0.4, -0.2) is 55.6 Å². The maximum atomic E-state index is 13.7. The van der Waals surface area contributed by atoms with Crippen molar-refractivity contribution in [3.05, 3.63) is 35.9 Å². The van der Waals surface area contributed by atoms with Crippen LogP contribution in [0.15, 0.2) is 24.5 Å². The molecule has 1 amide bonds. The molecule has 0 saturated heterocycles. The molecule has 1 atom stereocenters. The molecule has 0 spiro atoms. The van der Waals surface area contributed by atoms with Crippen molar-refractivity contribution in [3.63, 3.8) is 0 Å². The van der Waals surface area contributed by atoms with Gasteiger partial charge in [0.1, 0.15) is 23.8 Å². The maximum Gasteiger partial charge on any atom is 0.408 e. The van der Waals surface area contributed by atoms with Gasteiger partial charge in [-0.05, 0) is 38.1 Å². The fourth-order valence-electron chi connectivity index (χ4n) is 2.04. The lowest BCUT2D eigenvalue weighted by atomic mass is 10.2. The second-order valence-electron chi connectivity index (χ2n) is 6.59. The van der Waals surface area contributed by atoms with Gasteiger partial charge in [-0.2, -0.15) is 4.80 Å². The first-order chi connectivity index (χ1) is 12.6. The van der Waals surface area contributed by atoms with Crippen molar-refractivity contribution in [3.8, 4) is 5.75 Å². The molecule has 0 saturated carbocycles. The molecule has 2 N–H and O–H groups in total.